The molecule has 3 fully saturated rings. The average Bonchev–Trinajstić information content (AvgIpc) is 2.70. The molecule has 1 atom stereocenters. The molecule has 0 aliphatic carbocycles. The molecule has 0 spiro atoms. The van der Waals surface area contributed by atoms with Crippen molar-refractivity contribution in [1.82, 2.24) is 20.0 Å². The lowest BCUT2D eigenvalue weighted by atomic mass is 9.93. The van der Waals surface area contributed by atoms with Crippen molar-refractivity contribution >= 4 is 49.0 Å². The number of rotatable bonds is 6. The Kier molecular flexibility index (Phi) is 13.2. The third kappa shape index (κ3) is 5.97. The minimum Gasteiger partial charge on any atom is -0.479 e. The number of aliphatic carboxylic acids is 1. The first-order chi connectivity index (χ1) is 12.6. The van der Waals surface area contributed by atoms with Gasteiger partial charge in [0.1, 0.15) is 0 Å². The molecule has 29 heavy (non-hydrogen) atoms. The Morgan fingerprint density at radius 3 is 1.90 bits per heavy atom. The van der Waals surface area contributed by atoms with Gasteiger partial charge in [0.15, 0.2) is 5.78 Å². The molecule has 172 valence electrons. The van der Waals surface area contributed by atoms with Crippen molar-refractivity contribution in [2.75, 3.05) is 52.4 Å². The van der Waals surface area contributed by atoms with Gasteiger partial charge in [0.05, 0.1) is 0 Å². The van der Waals surface area contributed by atoms with Gasteiger partial charge in [-0.3, -0.25) is 19.5 Å². The van der Waals surface area contributed by atoms with Gasteiger partial charge in [-0.2, -0.15) is 0 Å². The lowest BCUT2D eigenvalue weighted by molar-refractivity contribution is -0.179. The number of Topliss-reactive ketones (excluding diaryl/α,β-unsaturated/α-hetero) is 1. The minimum atomic E-state index is -1.46. The van der Waals surface area contributed by atoms with Crippen LogP contribution in [0.2, 0.25) is 0 Å². The standard InChI is InChI=1S/C19H34N4O3.3ClH/c1-2-17(24)19(18(25)26,22-10-4-3-5-11-22)23-14-12-21(13-15-23)16-6-8-20-9-7-16;;;/h16,20H,2-15H2,1H3,(H,25,26);3*1H. The van der Waals surface area contributed by atoms with Crippen LogP contribution in [0.15, 0.2) is 0 Å². The molecule has 0 aromatic heterocycles. The van der Waals surface area contributed by atoms with Crippen LogP contribution in [0.25, 0.3) is 0 Å². The predicted octanol–water partition coefficient (Wildman–Crippen LogP) is 1.87. The third-order valence-corrected chi connectivity index (χ3v) is 6.42. The molecule has 7 nitrogen and oxygen atoms in total. The molecule has 3 aliphatic rings. The van der Waals surface area contributed by atoms with Crippen LogP contribution < -0.4 is 5.32 Å². The monoisotopic (exact) mass is 474 g/mol. The van der Waals surface area contributed by atoms with Gasteiger partial charge in [-0.25, -0.2) is 4.79 Å². The van der Waals surface area contributed by atoms with Gasteiger partial charge >= 0.3 is 5.97 Å². The van der Waals surface area contributed by atoms with E-state index in [-0.39, 0.29) is 49.4 Å². The molecule has 3 aliphatic heterocycles. The van der Waals surface area contributed by atoms with E-state index >= 15 is 0 Å². The number of likely N-dealkylation sites (tertiary alicyclic amines) is 1. The number of ketones is 1. The first-order valence-electron chi connectivity index (χ1n) is 10.3. The number of carbonyl (C=O) groups is 2. The van der Waals surface area contributed by atoms with Crippen LogP contribution in [0.1, 0.15) is 45.4 Å². The molecule has 2 N–H and O–H groups in total. The summed E-state index contributed by atoms with van der Waals surface area (Å²) >= 11 is 0. The molecule has 3 saturated heterocycles. The SMILES string of the molecule is CCC(=O)C(C(=O)O)(N1CCCCC1)N1CCN(C2CCNCC2)CC1.Cl.Cl.Cl. The van der Waals surface area contributed by atoms with E-state index in [4.69, 9.17) is 0 Å². The molecule has 0 aromatic carbocycles. The molecule has 1 unspecified atom stereocenters. The summed E-state index contributed by atoms with van der Waals surface area (Å²) in [5.41, 5.74) is -1.46. The van der Waals surface area contributed by atoms with Crippen LogP contribution in [0.5, 0.6) is 0 Å². The van der Waals surface area contributed by atoms with Crippen molar-refractivity contribution in [3.05, 3.63) is 0 Å². The van der Waals surface area contributed by atoms with Crippen molar-refractivity contribution in [2.45, 2.75) is 57.2 Å². The molecule has 0 radical (unpaired) electrons. The lowest BCUT2D eigenvalue weighted by Crippen LogP contribution is -2.73. The van der Waals surface area contributed by atoms with Crippen molar-refractivity contribution in [2.24, 2.45) is 0 Å². The Balaban J connectivity index is 0.00000261. The van der Waals surface area contributed by atoms with Crippen molar-refractivity contribution in [3.63, 3.8) is 0 Å². The molecule has 0 amide bonds. The number of piperazine rings is 1. The lowest BCUT2D eigenvalue weighted by Gasteiger charge is -2.51. The van der Waals surface area contributed by atoms with E-state index in [1.54, 1.807) is 6.92 Å². The van der Waals surface area contributed by atoms with E-state index in [2.05, 4.69) is 10.2 Å². The molecule has 0 aromatic rings. The van der Waals surface area contributed by atoms with Crippen LogP contribution in [-0.4, -0.2) is 95.6 Å². The molecule has 10 heteroatoms. The molecule has 3 rings (SSSR count). The van der Waals surface area contributed by atoms with E-state index in [0.717, 1.165) is 58.3 Å². The quantitative estimate of drug-likeness (QED) is 0.568. The van der Waals surface area contributed by atoms with Gasteiger partial charge in [0.2, 0.25) is 5.66 Å². The second kappa shape index (κ2) is 13.3. The molecule has 0 saturated carbocycles. The van der Waals surface area contributed by atoms with Crippen molar-refractivity contribution < 1.29 is 14.7 Å². The number of nitrogens with zero attached hydrogens (tertiary/aromatic N) is 3. The van der Waals surface area contributed by atoms with Gasteiger partial charge in [-0.05, 0) is 38.8 Å². The molecule has 0 bridgehead atoms. The van der Waals surface area contributed by atoms with Crippen LogP contribution >= 0.6 is 37.2 Å². The molecular weight excluding hydrogens is 439 g/mol. The number of piperidine rings is 2. The maximum Gasteiger partial charge on any atom is 0.347 e. The Hall–Kier alpha value is -0.150. The first kappa shape index (κ1) is 28.9. The van der Waals surface area contributed by atoms with E-state index in [1.165, 1.54) is 0 Å². The number of halogens is 3. The van der Waals surface area contributed by atoms with E-state index in [9.17, 15) is 14.7 Å². The Labute approximate surface area is 193 Å². The summed E-state index contributed by atoms with van der Waals surface area (Å²) in [7, 11) is 0. The highest BCUT2D eigenvalue weighted by atomic mass is 35.5. The topological polar surface area (TPSA) is 76.1 Å². The van der Waals surface area contributed by atoms with Gasteiger partial charge in [-0.15, -0.1) is 37.2 Å². The number of hydrogen-bond donors (Lipinski definition) is 2. The second-order valence-electron chi connectivity index (χ2n) is 7.81. The van der Waals surface area contributed by atoms with Crippen LogP contribution in [0, 0.1) is 0 Å². The highest BCUT2D eigenvalue weighted by molar-refractivity contribution is 6.07. The van der Waals surface area contributed by atoms with E-state index < -0.39 is 11.6 Å². The summed E-state index contributed by atoms with van der Waals surface area (Å²) in [4.78, 5) is 31.9. The second-order valence-corrected chi connectivity index (χ2v) is 7.81. The van der Waals surface area contributed by atoms with Crippen molar-refractivity contribution in [3.8, 4) is 0 Å². The maximum absolute atomic E-state index is 13.0. The fraction of sp³-hybridized carbons (Fsp3) is 0.895. The highest BCUT2D eigenvalue weighted by Gasteiger charge is 2.55. The molecule has 3 heterocycles. The van der Waals surface area contributed by atoms with Gasteiger partial charge in [-0.1, -0.05) is 13.3 Å². The summed E-state index contributed by atoms with van der Waals surface area (Å²) in [6.45, 7) is 8.32. The summed E-state index contributed by atoms with van der Waals surface area (Å²) in [5.74, 6) is -1.15. The smallest absolute Gasteiger partial charge is 0.347 e. The largest absolute Gasteiger partial charge is 0.479 e. The maximum atomic E-state index is 13.0. The summed E-state index contributed by atoms with van der Waals surface area (Å²) in [5, 5.41) is 13.6. The number of carboxylic acids is 1. The highest BCUT2D eigenvalue weighted by Crippen LogP contribution is 2.30. The number of carbonyl (C=O) groups excluding carboxylic acids is 1. The van der Waals surface area contributed by atoms with Gasteiger partial charge in [0.25, 0.3) is 0 Å². The van der Waals surface area contributed by atoms with Crippen LogP contribution in [-0.2, 0) is 9.59 Å². The number of nitrogens with one attached hydrogen (secondary N) is 1. The van der Waals surface area contributed by atoms with Gasteiger partial charge < -0.3 is 10.4 Å². The summed E-state index contributed by atoms with van der Waals surface area (Å²) in [6, 6.07) is 0.592. The summed E-state index contributed by atoms with van der Waals surface area (Å²) < 4.78 is 0. The number of hydrogen-bond acceptors (Lipinski definition) is 6. The normalized spacial score (nSPS) is 24.3. The predicted molar refractivity (Wildman–Crippen MR) is 122 cm³/mol. The fourth-order valence-corrected chi connectivity index (χ4v) is 4.99. The van der Waals surface area contributed by atoms with E-state index in [0.29, 0.717) is 32.2 Å². The zero-order valence-electron chi connectivity index (χ0n) is 17.3. The number of carboxylic acid groups (broad SMARTS) is 1. The Bertz CT molecular complexity index is 509. The average molecular weight is 476 g/mol. The third-order valence-electron chi connectivity index (χ3n) is 6.42. The molecular formula is C19H37Cl3N4O3. The Morgan fingerprint density at radius 1 is 0.897 bits per heavy atom. The van der Waals surface area contributed by atoms with Crippen LogP contribution in [0.4, 0.5) is 0 Å². The fourth-order valence-electron chi connectivity index (χ4n) is 4.99. The van der Waals surface area contributed by atoms with E-state index in [1.807, 2.05) is 9.80 Å². The van der Waals surface area contributed by atoms with Crippen LogP contribution in [0.3, 0.4) is 0 Å². The zero-order valence-corrected chi connectivity index (χ0v) is 19.8. The Morgan fingerprint density at radius 2 is 1.41 bits per heavy atom. The van der Waals surface area contributed by atoms with Crippen molar-refractivity contribution in [1.29, 1.82) is 0 Å². The van der Waals surface area contributed by atoms with Gasteiger partial charge in [0, 0.05) is 51.7 Å². The summed E-state index contributed by atoms with van der Waals surface area (Å²) in [6.07, 6.45) is 5.64. The minimum absolute atomic E-state index is 0. The first-order valence-corrected chi connectivity index (χ1v) is 10.3. The zero-order chi connectivity index (χ0) is 18.6.